The summed E-state index contributed by atoms with van der Waals surface area (Å²) in [5, 5.41) is 1.90. The summed E-state index contributed by atoms with van der Waals surface area (Å²) in [5.74, 6) is -0.932. The first-order chi connectivity index (χ1) is 7.38. The van der Waals surface area contributed by atoms with Crippen molar-refractivity contribution in [2.24, 2.45) is 23.5 Å². The third-order valence-electron chi connectivity index (χ3n) is 3.29. The molecule has 2 rings (SSSR count). The minimum Gasteiger partial charge on any atom is -0.347 e. The van der Waals surface area contributed by atoms with Gasteiger partial charge in [0, 0.05) is 6.04 Å². The molecule has 0 aromatic heterocycles. The summed E-state index contributed by atoms with van der Waals surface area (Å²) in [4.78, 5) is 11.6. The molecule has 1 amide bonds. The Morgan fingerprint density at radius 2 is 2.00 bits per heavy atom. The Morgan fingerprint density at radius 1 is 1.38 bits per heavy atom. The monoisotopic (exact) mass is 234 g/mol. The summed E-state index contributed by atoms with van der Waals surface area (Å²) < 4.78 is 35.8. The number of halogens is 3. The lowest BCUT2D eigenvalue weighted by Gasteiger charge is -2.23. The second kappa shape index (κ2) is 3.76. The minimum atomic E-state index is -4.37. The van der Waals surface area contributed by atoms with E-state index in [1.807, 2.05) is 17.5 Å². The van der Waals surface area contributed by atoms with Crippen molar-refractivity contribution in [2.75, 3.05) is 6.54 Å². The van der Waals surface area contributed by atoms with E-state index in [1.54, 1.807) is 0 Å². The SMILES string of the molecule is N[C@@H]1[C@H](C(=O)NCC(F)(F)F)[C@@H]2C=C[C@H]1C2. The first-order valence-electron chi connectivity index (χ1n) is 5.17. The largest absolute Gasteiger partial charge is 0.405 e. The Balaban J connectivity index is 1.93. The van der Waals surface area contributed by atoms with E-state index in [1.165, 1.54) is 0 Å². The second-order valence-corrected chi connectivity index (χ2v) is 4.38. The average molecular weight is 234 g/mol. The van der Waals surface area contributed by atoms with E-state index in [4.69, 9.17) is 5.73 Å². The molecule has 0 saturated heterocycles. The van der Waals surface area contributed by atoms with Gasteiger partial charge in [-0.15, -0.1) is 0 Å². The molecule has 0 unspecified atom stereocenters. The molecule has 0 spiro atoms. The number of rotatable bonds is 2. The van der Waals surface area contributed by atoms with E-state index < -0.39 is 24.5 Å². The Kier molecular flexibility index (Phi) is 2.69. The zero-order chi connectivity index (χ0) is 11.9. The number of alkyl halides is 3. The number of amides is 1. The maximum absolute atomic E-state index is 11.9. The first-order valence-corrected chi connectivity index (χ1v) is 5.17. The molecular weight excluding hydrogens is 221 g/mol. The van der Waals surface area contributed by atoms with Gasteiger partial charge in [0.15, 0.2) is 0 Å². The van der Waals surface area contributed by atoms with Crippen molar-refractivity contribution in [3.05, 3.63) is 12.2 Å². The van der Waals surface area contributed by atoms with Gasteiger partial charge in [-0.25, -0.2) is 0 Å². The van der Waals surface area contributed by atoms with Crippen molar-refractivity contribution in [3.63, 3.8) is 0 Å². The van der Waals surface area contributed by atoms with Gasteiger partial charge in [-0.05, 0) is 18.3 Å². The molecule has 0 radical (unpaired) electrons. The molecule has 0 aliphatic heterocycles. The highest BCUT2D eigenvalue weighted by molar-refractivity contribution is 5.81. The summed E-state index contributed by atoms with van der Waals surface area (Å²) in [6.07, 6.45) is 0.243. The lowest BCUT2D eigenvalue weighted by molar-refractivity contribution is -0.141. The minimum absolute atomic E-state index is 0.00762. The van der Waals surface area contributed by atoms with E-state index in [0.29, 0.717) is 0 Å². The molecule has 4 atom stereocenters. The fourth-order valence-corrected chi connectivity index (χ4v) is 2.53. The van der Waals surface area contributed by atoms with Crippen LogP contribution in [0.1, 0.15) is 6.42 Å². The third kappa shape index (κ3) is 2.07. The zero-order valence-electron chi connectivity index (χ0n) is 8.50. The Hall–Kier alpha value is -1.04. The molecule has 0 heterocycles. The second-order valence-electron chi connectivity index (χ2n) is 4.38. The molecule has 2 aliphatic carbocycles. The van der Waals surface area contributed by atoms with Crippen molar-refractivity contribution >= 4 is 5.91 Å². The van der Waals surface area contributed by atoms with Crippen molar-refractivity contribution in [2.45, 2.75) is 18.6 Å². The van der Waals surface area contributed by atoms with Crippen LogP contribution in [-0.2, 0) is 4.79 Å². The van der Waals surface area contributed by atoms with Crippen molar-refractivity contribution in [3.8, 4) is 0 Å². The average Bonchev–Trinajstić information content (AvgIpc) is 2.73. The fraction of sp³-hybridized carbons (Fsp3) is 0.700. The highest BCUT2D eigenvalue weighted by atomic mass is 19.4. The molecule has 0 aromatic rings. The lowest BCUT2D eigenvalue weighted by atomic mass is 9.89. The molecular formula is C10H13F3N2O. The van der Waals surface area contributed by atoms with Crippen LogP contribution in [0.2, 0.25) is 0 Å². The number of hydrogen-bond acceptors (Lipinski definition) is 2. The van der Waals surface area contributed by atoms with Gasteiger partial charge in [-0.2, -0.15) is 13.2 Å². The molecule has 16 heavy (non-hydrogen) atoms. The van der Waals surface area contributed by atoms with Gasteiger partial charge in [0.1, 0.15) is 6.54 Å². The van der Waals surface area contributed by atoms with E-state index in [2.05, 4.69) is 0 Å². The van der Waals surface area contributed by atoms with Gasteiger partial charge in [-0.3, -0.25) is 4.79 Å². The topological polar surface area (TPSA) is 55.1 Å². The summed E-state index contributed by atoms with van der Waals surface area (Å²) >= 11 is 0. The molecule has 1 saturated carbocycles. The summed E-state index contributed by atoms with van der Waals surface area (Å²) in [5.41, 5.74) is 5.81. The molecule has 90 valence electrons. The number of carbonyl (C=O) groups excluding carboxylic acids is 1. The highest BCUT2D eigenvalue weighted by Gasteiger charge is 2.46. The Bertz CT molecular complexity index is 327. The molecule has 3 nitrogen and oxygen atoms in total. The van der Waals surface area contributed by atoms with Crippen LogP contribution in [0.25, 0.3) is 0 Å². The molecule has 2 bridgehead atoms. The molecule has 0 aromatic carbocycles. The molecule has 6 heteroatoms. The number of fused-ring (bicyclic) bond motifs is 2. The van der Waals surface area contributed by atoms with Gasteiger partial charge in [0.2, 0.25) is 5.91 Å². The van der Waals surface area contributed by atoms with Crippen molar-refractivity contribution in [1.29, 1.82) is 0 Å². The predicted octanol–water partition coefficient (Wildman–Crippen LogP) is 0.814. The number of hydrogen-bond donors (Lipinski definition) is 2. The van der Waals surface area contributed by atoms with Gasteiger partial charge < -0.3 is 11.1 Å². The lowest BCUT2D eigenvalue weighted by Crippen LogP contribution is -2.46. The molecule has 1 fully saturated rings. The van der Waals surface area contributed by atoms with Crippen LogP contribution in [0.3, 0.4) is 0 Å². The van der Waals surface area contributed by atoms with Crippen LogP contribution >= 0.6 is 0 Å². The number of nitrogens with one attached hydrogen (secondary N) is 1. The maximum atomic E-state index is 11.9. The van der Waals surface area contributed by atoms with Gasteiger partial charge >= 0.3 is 6.18 Å². The summed E-state index contributed by atoms with van der Waals surface area (Å²) in [6, 6.07) is -0.344. The van der Waals surface area contributed by atoms with E-state index >= 15 is 0 Å². The number of nitrogens with two attached hydrogens (primary N) is 1. The standard InChI is InChI=1S/C10H13F3N2O/c11-10(12,13)4-15-9(16)7-5-1-2-6(3-5)8(7)14/h1-2,5-8H,3-4,14H2,(H,15,16)/t5-,6+,7-,8+/m1/s1. The predicted molar refractivity (Wildman–Crippen MR) is 51.3 cm³/mol. The van der Waals surface area contributed by atoms with Crippen LogP contribution in [0, 0.1) is 17.8 Å². The van der Waals surface area contributed by atoms with Crippen LogP contribution < -0.4 is 11.1 Å². The van der Waals surface area contributed by atoms with Crippen LogP contribution in [0.4, 0.5) is 13.2 Å². The highest BCUT2D eigenvalue weighted by Crippen LogP contribution is 2.42. The zero-order valence-corrected chi connectivity index (χ0v) is 8.50. The number of carbonyl (C=O) groups is 1. The quantitative estimate of drug-likeness (QED) is 0.695. The third-order valence-corrected chi connectivity index (χ3v) is 3.29. The van der Waals surface area contributed by atoms with E-state index in [0.717, 1.165) is 6.42 Å². The van der Waals surface area contributed by atoms with Gasteiger partial charge in [0.25, 0.3) is 0 Å². The van der Waals surface area contributed by atoms with Crippen LogP contribution in [-0.4, -0.2) is 24.7 Å². The fourth-order valence-electron chi connectivity index (χ4n) is 2.53. The van der Waals surface area contributed by atoms with Gasteiger partial charge in [-0.1, -0.05) is 12.2 Å². The maximum Gasteiger partial charge on any atom is 0.405 e. The summed E-state index contributed by atoms with van der Waals surface area (Å²) in [6.45, 7) is -1.28. The molecule has 2 aliphatic rings. The van der Waals surface area contributed by atoms with Crippen LogP contribution in [0.15, 0.2) is 12.2 Å². The molecule has 3 N–H and O–H groups in total. The van der Waals surface area contributed by atoms with Crippen LogP contribution in [0.5, 0.6) is 0 Å². The Labute approximate surface area is 90.9 Å². The number of allylic oxidation sites excluding steroid dienone is 1. The van der Waals surface area contributed by atoms with E-state index in [-0.39, 0.29) is 17.9 Å². The van der Waals surface area contributed by atoms with Gasteiger partial charge in [0.05, 0.1) is 5.92 Å². The van der Waals surface area contributed by atoms with Crippen molar-refractivity contribution in [1.82, 2.24) is 5.32 Å². The normalized spacial score (nSPS) is 36.8. The first kappa shape index (κ1) is 11.4. The summed E-state index contributed by atoms with van der Waals surface area (Å²) in [7, 11) is 0. The smallest absolute Gasteiger partial charge is 0.347 e. The van der Waals surface area contributed by atoms with E-state index in [9.17, 15) is 18.0 Å². The van der Waals surface area contributed by atoms with Crippen molar-refractivity contribution < 1.29 is 18.0 Å². The Morgan fingerprint density at radius 3 is 2.50 bits per heavy atom.